The van der Waals surface area contributed by atoms with Gasteiger partial charge in [0, 0.05) is 5.56 Å². The molecule has 0 aliphatic rings. The fourth-order valence-electron chi connectivity index (χ4n) is 4.16. The number of benzene rings is 1. The maximum absolute atomic E-state index is 11.6. The minimum absolute atomic E-state index is 0. The summed E-state index contributed by atoms with van der Waals surface area (Å²) in [6.07, 6.45) is 22.9. The Morgan fingerprint density at radius 2 is 1.00 bits per heavy atom. The van der Waals surface area contributed by atoms with Gasteiger partial charge >= 0.3 is 12.8 Å². The molecule has 178 valence electrons. The van der Waals surface area contributed by atoms with Crippen molar-refractivity contribution < 1.29 is 31.1 Å². The number of quaternary nitrogens is 1. The number of rotatable bonds is 21. The molecule has 0 saturated carbocycles. The highest BCUT2D eigenvalue weighted by Crippen LogP contribution is 2.15. The summed E-state index contributed by atoms with van der Waals surface area (Å²) < 4.78 is -0.109. The number of amides is 2. The molecule has 0 bridgehead atoms. The molecule has 3 nitrogen and oxygen atoms in total. The Morgan fingerprint density at radius 3 is 1.39 bits per heavy atom. The highest BCUT2D eigenvalue weighted by Gasteiger charge is 2.26. The summed E-state index contributed by atoms with van der Waals surface area (Å²) >= 11 is 0. The Kier molecular flexibility index (Phi) is 20.2. The molecular formula is C27H46BrNO2. The maximum atomic E-state index is 11.6. The highest BCUT2D eigenvalue weighted by atomic mass is 79.9. The van der Waals surface area contributed by atoms with Crippen LogP contribution in [0.5, 0.6) is 0 Å². The van der Waals surface area contributed by atoms with E-state index in [-0.39, 0.29) is 21.5 Å². The first kappa shape index (κ1) is 30.0. The van der Waals surface area contributed by atoms with Crippen molar-refractivity contribution >= 4 is 12.8 Å². The fraction of sp³-hybridized carbons (Fsp3) is 0.704. The number of carbonyl (C=O) groups is 2. The zero-order chi connectivity index (χ0) is 21.8. The fourth-order valence-corrected chi connectivity index (χ4v) is 4.16. The number of hydrogen-bond donors (Lipinski definition) is 0. The van der Waals surface area contributed by atoms with Gasteiger partial charge in [-0.2, -0.15) is 4.48 Å². The number of hydrogen-bond acceptors (Lipinski definition) is 2. The molecule has 1 aromatic rings. The van der Waals surface area contributed by atoms with Gasteiger partial charge in [-0.25, -0.2) is 9.59 Å². The van der Waals surface area contributed by atoms with Crippen molar-refractivity contribution in [2.45, 2.75) is 116 Å². The SMILES string of the molecule is CCCCCCCCCCCCCCCCCC[N+](C=O)(C=O)Cc1ccccc1.[Br-]. The van der Waals surface area contributed by atoms with E-state index in [1.54, 1.807) is 0 Å². The van der Waals surface area contributed by atoms with Gasteiger partial charge in [0.15, 0.2) is 0 Å². The molecule has 1 rings (SSSR count). The Balaban J connectivity index is 0.00000900. The van der Waals surface area contributed by atoms with E-state index in [9.17, 15) is 9.59 Å². The Labute approximate surface area is 202 Å². The van der Waals surface area contributed by atoms with Crippen LogP contribution in [0.4, 0.5) is 0 Å². The highest BCUT2D eigenvalue weighted by molar-refractivity contribution is 5.55. The van der Waals surface area contributed by atoms with Gasteiger partial charge in [-0.3, -0.25) is 0 Å². The van der Waals surface area contributed by atoms with Crippen LogP contribution in [-0.2, 0) is 16.1 Å². The van der Waals surface area contributed by atoms with E-state index in [4.69, 9.17) is 0 Å². The van der Waals surface area contributed by atoms with Gasteiger partial charge in [0.1, 0.15) is 6.54 Å². The average molecular weight is 497 g/mol. The maximum Gasteiger partial charge on any atom is 0.308 e. The first-order valence-electron chi connectivity index (χ1n) is 12.6. The monoisotopic (exact) mass is 495 g/mol. The molecule has 0 N–H and O–H groups in total. The van der Waals surface area contributed by atoms with E-state index in [1.807, 2.05) is 30.3 Å². The van der Waals surface area contributed by atoms with Gasteiger partial charge in [-0.1, -0.05) is 127 Å². The second-order valence-electron chi connectivity index (χ2n) is 8.98. The number of carbonyl (C=O) groups excluding carboxylic acids is 2. The van der Waals surface area contributed by atoms with Gasteiger partial charge in [0.05, 0.1) is 6.54 Å². The first-order valence-corrected chi connectivity index (χ1v) is 12.6. The van der Waals surface area contributed by atoms with Crippen molar-refractivity contribution in [3.8, 4) is 0 Å². The first-order chi connectivity index (χ1) is 14.8. The number of unbranched alkanes of at least 4 members (excludes halogenated alkanes) is 15. The molecule has 0 unspecified atom stereocenters. The smallest absolute Gasteiger partial charge is 0.308 e. The molecule has 4 heteroatoms. The second kappa shape index (κ2) is 20.9. The molecule has 1 aromatic carbocycles. The number of halogens is 1. The van der Waals surface area contributed by atoms with Gasteiger partial charge in [0.25, 0.3) is 0 Å². The molecule has 0 saturated heterocycles. The molecule has 0 heterocycles. The third-order valence-corrected chi connectivity index (χ3v) is 6.17. The lowest BCUT2D eigenvalue weighted by molar-refractivity contribution is -0.774. The van der Waals surface area contributed by atoms with Crippen LogP contribution in [0.2, 0.25) is 0 Å². The van der Waals surface area contributed by atoms with Crippen LogP contribution in [-0.4, -0.2) is 23.8 Å². The van der Waals surface area contributed by atoms with Crippen molar-refractivity contribution in [3.05, 3.63) is 35.9 Å². The summed E-state index contributed by atoms with van der Waals surface area (Å²) in [6, 6.07) is 9.82. The molecule has 0 aromatic heterocycles. The summed E-state index contributed by atoms with van der Waals surface area (Å²) in [4.78, 5) is 23.2. The lowest BCUT2D eigenvalue weighted by atomic mass is 10.0. The summed E-state index contributed by atoms with van der Waals surface area (Å²) in [5, 5.41) is 0. The molecule has 0 aliphatic carbocycles. The van der Waals surface area contributed by atoms with Crippen LogP contribution in [0.25, 0.3) is 0 Å². The average Bonchev–Trinajstić information content (AvgIpc) is 2.78. The molecule has 31 heavy (non-hydrogen) atoms. The summed E-state index contributed by atoms with van der Waals surface area (Å²) in [5.74, 6) is 0. The molecule has 0 fully saturated rings. The zero-order valence-corrected chi connectivity index (χ0v) is 21.5. The molecule has 0 spiro atoms. The van der Waals surface area contributed by atoms with Gasteiger partial charge in [-0.15, -0.1) is 0 Å². The number of nitrogens with zero attached hydrogens (tertiary/aromatic N) is 1. The summed E-state index contributed by atoms with van der Waals surface area (Å²) in [6.45, 7) is 3.35. The summed E-state index contributed by atoms with van der Waals surface area (Å²) in [7, 11) is 0. The minimum atomic E-state index is -0.109. The van der Waals surface area contributed by atoms with Crippen LogP contribution in [0.3, 0.4) is 0 Å². The molecular weight excluding hydrogens is 450 g/mol. The minimum Gasteiger partial charge on any atom is -1.00 e. The third-order valence-electron chi connectivity index (χ3n) is 6.17. The zero-order valence-electron chi connectivity index (χ0n) is 19.9. The Bertz CT molecular complexity index is 527. The second-order valence-corrected chi connectivity index (χ2v) is 8.98. The van der Waals surface area contributed by atoms with E-state index < -0.39 is 0 Å². The predicted octanol–water partition coefficient (Wildman–Crippen LogP) is 4.58. The van der Waals surface area contributed by atoms with E-state index in [0.717, 1.165) is 31.2 Å². The predicted molar refractivity (Wildman–Crippen MR) is 127 cm³/mol. The molecule has 2 amide bonds. The van der Waals surface area contributed by atoms with Crippen LogP contribution >= 0.6 is 0 Å². The molecule has 0 aliphatic heterocycles. The number of imide groups is 1. The van der Waals surface area contributed by atoms with Gasteiger partial charge < -0.3 is 17.0 Å². The molecule has 0 atom stereocenters. The van der Waals surface area contributed by atoms with Crippen molar-refractivity contribution in [1.82, 2.24) is 0 Å². The van der Waals surface area contributed by atoms with Crippen LogP contribution in [0.1, 0.15) is 115 Å². The van der Waals surface area contributed by atoms with Crippen LogP contribution in [0, 0.1) is 0 Å². The van der Waals surface area contributed by atoms with Crippen LogP contribution < -0.4 is 17.0 Å². The Hall–Kier alpha value is -1.000. The van der Waals surface area contributed by atoms with Gasteiger partial charge in [0.2, 0.25) is 0 Å². The lowest BCUT2D eigenvalue weighted by Gasteiger charge is -2.24. The lowest BCUT2D eigenvalue weighted by Crippen LogP contribution is -3.00. The Morgan fingerprint density at radius 1 is 0.613 bits per heavy atom. The van der Waals surface area contributed by atoms with Crippen molar-refractivity contribution in [1.29, 1.82) is 0 Å². The summed E-state index contributed by atoms with van der Waals surface area (Å²) in [5.41, 5.74) is 1.04. The van der Waals surface area contributed by atoms with E-state index in [1.165, 1.54) is 89.9 Å². The van der Waals surface area contributed by atoms with Crippen molar-refractivity contribution in [3.63, 3.8) is 0 Å². The molecule has 0 radical (unpaired) electrons. The van der Waals surface area contributed by atoms with E-state index >= 15 is 0 Å². The topological polar surface area (TPSA) is 34.1 Å². The van der Waals surface area contributed by atoms with Crippen molar-refractivity contribution in [2.75, 3.05) is 6.54 Å². The van der Waals surface area contributed by atoms with Gasteiger partial charge in [-0.05, 0) is 12.8 Å². The van der Waals surface area contributed by atoms with Crippen LogP contribution in [0.15, 0.2) is 30.3 Å². The standard InChI is InChI=1S/C27H46NO2.BrH/c1-2-3-4-5-6-7-8-9-10-11-12-13-14-15-16-20-23-28(25-29,26-30)24-27-21-18-17-19-22-27;/h17-19,21-22,25-26H,2-16,20,23-24H2,1H3;1H/q+1;/p-1. The normalized spacial score (nSPS) is 11.1. The quantitative estimate of drug-likeness (QED) is 0.142. The van der Waals surface area contributed by atoms with E-state index in [0.29, 0.717) is 13.1 Å². The van der Waals surface area contributed by atoms with Crippen molar-refractivity contribution in [2.24, 2.45) is 0 Å². The largest absolute Gasteiger partial charge is 1.00 e. The van der Waals surface area contributed by atoms with E-state index in [2.05, 4.69) is 6.92 Å². The third kappa shape index (κ3) is 15.4.